The molecule has 1 heterocycles. The number of halogens is 5. The van der Waals surface area contributed by atoms with E-state index in [2.05, 4.69) is 14.7 Å². The molecule has 0 amide bonds. The van der Waals surface area contributed by atoms with Crippen molar-refractivity contribution in [3.8, 4) is 5.88 Å². The maximum atomic E-state index is 12.3. The standard InChI is InChI=1S/C6H3ClF4N2O/c7-3-1-13-4(2-12-3)14-6(10,11)5(8)9/h1-2,5H. The summed E-state index contributed by atoms with van der Waals surface area (Å²) < 4.78 is 51.4. The maximum absolute atomic E-state index is 12.3. The molecule has 0 spiro atoms. The van der Waals surface area contributed by atoms with Crippen LogP contribution in [0.5, 0.6) is 5.88 Å². The number of hydrogen-bond donors (Lipinski definition) is 0. The fourth-order valence-electron chi connectivity index (χ4n) is 0.537. The van der Waals surface area contributed by atoms with Gasteiger partial charge in [-0.25, -0.2) is 9.97 Å². The number of ether oxygens (including phenoxy) is 1. The molecule has 0 radical (unpaired) electrons. The normalized spacial score (nSPS) is 11.9. The van der Waals surface area contributed by atoms with Gasteiger partial charge in [0.25, 0.3) is 0 Å². The molecule has 0 saturated carbocycles. The van der Waals surface area contributed by atoms with Crippen molar-refractivity contribution in [3.05, 3.63) is 17.5 Å². The zero-order chi connectivity index (χ0) is 10.8. The van der Waals surface area contributed by atoms with Crippen molar-refractivity contribution in [2.75, 3.05) is 0 Å². The Labute approximate surface area is 80.7 Å². The number of rotatable bonds is 3. The minimum absolute atomic E-state index is 0.0577. The molecule has 3 nitrogen and oxygen atoms in total. The second-order valence-electron chi connectivity index (χ2n) is 2.14. The van der Waals surface area contributed by atoms with Gasteiger partial charge in [-0.3, -0.25) is 0 Å². The first-order chi connectivity index (χ1) is 6.42. The van der Waals surface area contributed by atoms with E-state index >= 15 is 0 Å². The van der Waals surface area contributed by atoms with E-state index < -0.39 is 18.4 Å². The van der Waals surface area contributed by atoms with E-state index in [9.17, 15) is 17.6 Å². The lowest BCUT2D eigenvalue weighted by atomic mass is 10.6. The third kappa shape index (κ3) is 2.69. The van der Waals surface area contributed by atoms with Crippen molar-refractivity contribution in [1.29, 1.82) is 0 Å². The Morgan fingerprint density at radius 2 is 1.93 bits per heavy atom. The van der Waals surface area contributed by atoms with Crippen LogP contribution < -0.4 is 4.74 Å². The lowest BCUT2D eigenvalue weighted by molar-refractivity contribution is -0.254. The first-order valence-corrected chi connectivity index (χ1v) is 3.62. The van der Waals surface area contributed by atoms with Crippen LogP contribution in [0, 0.1) is 0 Å². The summed E-state index contributed by atoms with van der Waals surface area (Å²) in [6.07, 6.45) is -6.89. The Morgan fingerprint density at radius 3 is 2.36 bits per heavy atom. The lowest BCUT2D eigenvalue weighted by Crippen LogP contribution is -2.33. The van der Waals surface area contributed by atoms with Crippen molar-refractivity contribution >= 4 is 11.6 Å². The molecule has 8 heteroatoms. The predicted molar refractivity (Wildman–Crippen MR) is 38.6 cm³/mol. The molecule has 0 aromatic carbocycles. The van der Waals surface area contributed by atoms with Crippen molar-refractivity contribution in [3.63, 3.8) is 0 Å². The van der Waals surface area contributed by atoms with Gasteiger partial charge in [-0.1, -0.05) is 11.6 Å². The van der Waals surface area contributed by atoms with Gasteiger partial charge in [0.2, 0.25) is 5.88 Å². The zero-order valence-electron chi connectivity index (χ0n) is 6.42. The Kier molecular flexibility index (Phi) is 3.10. The lowest BCUT2D eigenvalue weighted by Gasteiger charge is -2.15. The van der Waals surface area contributed by atoms with Gasteiger partial charge < -0.3 is 4.74 Å². The molecule has 1 rings (SSSR count). The summed E-state index contributed by atoms with van der Waals surface area (Å²) in [6.45, 7) is 0. The van der Waals surface area contributed by atoms with E-state index in [0.717, 1.165) is 12.4 Å². The van der Waals surface area contributed by atoms with Gasteiger partial charge >= 0.3 is 12.5 Å². The summed E-state index contributed by atoms with van der Waals surface area (Å²) in [6, 6.07) is 0. The molecular weight excluding hydrogens is 228 g/mol. The smallest absolute Gasteiger partial charge is 0.409 e. The first kappa shape index (κ1) is 11.0. The number of alkyl halides is 4. The molecule has 1 aromatic heterocycles. The SMILES string of the molecule is FC(F)C(F)(F)Oc1cnc(Cl)cn1. The van der Waals surface area contributed by atoms with Crippen LogP contribution in [0.4, 0.5) is 17.6 Å². The molecule has 0 aliphatic heterocycles. The molecule has 0 aliphatic carbocycles. The molecule has 0 N–H and O–H groups in total. The Morgan fingerprint density at radius 1 is 1.29 bits per heavy atom. The average molecular weight is 231 g/mol. The van der Waals surface area contributed by atoms with E-state index in [1.54, 1.807) is 0 Å². The predicted octanol–water partition coefficient (Wildman–Crippen LogP) is 2.37. The minimum atomic E-state index is -4.58. The molecule has 0 fully saturated rings. The zero-order valence-corrected chi connectivity index (χ0v) is 7.18. The van der Waals surface area contributed by atoms with Gasteiger partial charge in [0.05, 0.1) is 12.4 Å². The van der Waals surface area contributed by atoms with E-state index in [4.69, 9.17) is 11.6 Å². The summed E-state index contributed by atoms with van der Waals surface area (Å²) in [4.78, 5) is 6.54. The summed E-state index contributed by atoms with van der Waals surface area (Å²) in [5.41, 5.74) is 0. The second kappa shape index (κ2) is 3.95. The Bertz CT molecular complexity index is 305. The fourth-order valence-corrected chi connectivity index (χ4v) is 0.635. The van der Waals surface area contributed by atoms with Crippen LogP contribution in [-0.2, 0) is 0 Å². The monoisotopic (exact) mass is 230 g/mol. The van der Waals surface area contributed by atoms with Crippen LogP contribution in [0.25, 0.3) is 0 Å². The van der Waals surface area contributed by atoms with Gasteiger partial charge in [0.1, 0.15) is 5.15 Å². The topological polar surface area (TPSA) is 35.0 Å². The van der Waals surface area contributed by atoms with Crippen LogP contribution in [0.1, 0.15) is 0 Å². The van der Waals surface area contributed by atoms with Crippen molar-refractivity contribution in [1.82, 2.24) is 9.97 Å². The summed E-state index contributed by atoms with van der Waals surface area (Å²) in [5, 5.41) is -0.0577. The third-order valence-corrected chi connectivity index (χ3v) is 1.29. The summed E-state index contributed by atoms with van der Waals surface area (Å²) >= 11 is 5.28. The van der Waals surface area contributed by atoms with E-state index in [1.807, 2.05) is 0 Å². The molecule has 0 atom stereocenters. The molecule has 1 aromatic rings. The van der Waals surface area contributed by atoms with Gasteiger partial charge in [0.15, 0.2) is 0 Å². The van der Waals surface area contributed by atoms with Crippen molar-refractivity contribution in [2.45, 2.75) is 12.5 Å². The van der Waals surface area contributed by atoms with Crippen molar-refractivity contribution in [2.24, 2.45) is 0 Å². The van der Waals surface area contributed by atoms with E-state index in [0.29, 0.717) is 0 Å². The van der Waals surface area contributed by atoms with Gasteiger partial charge in [-0.05, 0) is 0 Å². The largest absolute Gasteiger partial charge is 0.462 e. The van der Waals surface area contributed by atoms with Crippen LogP contribution in [-0.4, -0.2) is 22.5 Å². The Balaban J connectivity index is 2.74. The Hall–Kier alpha value is -1.11. The molecule has 0 bridgehead atoms. The molecular formula is C6H3ClF4N2O. The van der Waals surface area contributed by atoms with Crippen LogP contribution in [0.3, 0.4) is 0 Å². The highest BCUT2D eigenvalue weighted by Gasteiger charge is 2.44. The molecule has 78 valence electrons. The summed E-state index contributed by atoms with van der Waals surface area (Å²) in [5.74, 6) is -0.722. The van der Waals surface area contributed by atoms with Crippen molar-refractivity contribution < 1.29 is 22.3 Å². The minimum Gasteiger partial charge on any atom is -0.409 e. The second-order valence-corrected chi connectivity index (χ2v) is 2.53. The first-order valence-electron chi connectivity index (χ1n) is 3.24. The highest BCUT2D eigenvalue weighted by atomic mass is 35.5. The van der Waals surface area contributed by atoms with Gasteiger partial charge in [0, 0.05) is 0 Å². The number of hydrogen-bond acceptors (Lipinski definition) is 3. The third-order valence-electron chi connectivity index (χ3n) is 1.09. The average Bonchev–Trinajstić information content (AvgIpc) is 2.08. The van der Waals surface area contributed by atoms with Crippen LogP contribution in [0.15, 0.2) is 12.4 Å². The molecule has 14 heavy (non-hydrogen) atoms. The van der Waals surface area contributed by atoms with Gasteiger partial charge in [-0.15, -0.1) is 0 Å². The van der Waals surface area contributed by atoms with Crippen LogP contribution >= 0.6 is 11.6 Å². The highest BCUT2D eigenvalue weighted by Crippen LogP contribution is 2.25. The van der Waals surface area contributed by atoms with Gasteiger partial charge in [-0.2, -0.15) is 17.6 Å². The van der Waals surface area contributed by atoms with E-state index in [1.165, 1.54) is 0 Å². The summed E-state index contributed by atoms with van der Waals surface area (Å²) in [7, 11) is 0. The molecule has 0 aliphatic rings. The fraction of sp³-hybridized carbons (Fsp3) is 0.333. The maximum Gasteiger partial charge on any atom is 0.462 e. The molecule has 0 saturated heterocycles. The highest BCUT2D eigenvalue weighted by molar-refractivity contribution is 6.29. The number of nitrogens with zero attached hydrogens (tertiary/aromatic N) is 2. The number of aromatic nitrogens is 2. The van der Waals surface area contributed by atoms with Crippen LogP contribution in [0.2, 0.25) is 5.15 Å². The van der Waals surface area contributed by atoms with E-state index in [-0.39, 0.29) is 5.15 Å². The quantitative estimate of drug-likeness (QED) is 0.748. The molecule has 0 unspecified atom stereocenters.